The van der Waals surface area contributed by atoms with Gasteiger partial charge in [0.2, 0.25) is 0 Å². The number of hydrogen-bond acceptors (Lipinski definition) is 3. The number of nitrogens with zero attached hydrogens (tertiary/aromatic N) is 3. The third kappa shape index (κ3) is 2.86. The molecule has 0 aliphatic heterocycles. The highest BCUT2D eigenvalue weighted by Gasteiger charge is 2.18. The molecular weight excluding hydrogens is 346 g/mol. The van der Waals surface area contributed by atoms with E-state index in [1.165, 1.54) is 20.4 Å². The van der Waals surface area contributed by atoms with Crippen molar-refractivity contribution in [1.29, 1.82) is 0 Å². The van der Waals surface area contributed by atoms with Crippen LogP contribution in [-0.4, -0.2) is 4.57 Å². The molecule has 0 aliphatic carbocycles. The first-order valence-electron chi connectivity index (χ1n) is 8.08. The van der Waals surface area contributed by atoms with Crippen molar-refractivity contribution in [3.8, 4) is 0 Å². The van der Waals surface area contributed by atoms with Gasteiger partial charge in [0, 0.05) is 11.5 Å². The maximum atomic E-state index is 5.02. The van der Waals surface area contributed by atoms with Gasteiger partial charge >= 0.3 is 9.93 Å². The van der Waals surface area contributed by atoms with E-state index in [2.05, 4.69) is 70.8 Å². The average molecular weight is 365 g/mol. The number of thiazole rings is 2. The molecule has 0 N–H and O–H groups in total. The summed E-state index contributed by atoms with van der Waals surface area (Å²) in [4.78, 5) is 6.01. The van der Waals surface area contributed by atoms with Crippen LogP contribution in [0.5, 0.6) is 0 Å². The highest BCUT2D eigenvalue weighted by atomic mass is 32.1. The summed E-state index contributed by atoms with van der Waals surface area (Å²) in [7, 11) is 0. The van der Waals surface area contributed by atoms with Crippen LogP contribution >= 0.6 is 22.7 Å². The van der Waals surface area contributed by atoms with Gasteiger partial charge in [0.05, 0.1) is 14.9 Å². The largest absolute Gasteiger partial charge is 0.386 e. The summed E-state index contributed by atoms with van der Waals surface area (Å²) in [5, 5.41) is 0.991. The van der Waals surface area contributed by atoms with Gasteiger partial charge in [0.1, 0.15) is 12.1 Å². The molecule has 124 valence electrons. The molecule has 0 saturated carbocycles. The van der Waals surface area contributed by atoms with Crippen LogP contribution in [0.1, 0.15) is 0 Å². The summed E-state index contributed by atoms with van der Waals surface area (Å²) < 4.78 is 6.91. The minimum absolute atomic E-state index is 0.745. The second-order valence-corrected chi connectivity index (χ2v) is 7.63. The fourth-order valence-corrected chi connectivity index (χ4v) is 5.05. The van der Waals surface area contributed by atoms with E-state index in [0.717, 1.165) is 23.0 Å². The Labute approximate surface area is 154 Å². The van der Waals surface area contributed by atoms with Crippen LogP contribution in [0.2, 0.25) is 0 Å². The highest BCUT2D eigenvalue weighted by molar-refractivity contribution is 7.21. The highest BCUT2D eigenvalue weighted by Crippen LogP contribution is 2.26. The van der Waals surface area contributed by atoms with Gasteiger partial charge < -0.3 is 0 Å². The molecule has 2 aromatic carbocycles. The van der Waals surface area contributed by atoms with Gasteiger partial charge in [-0.2, -0.15) is 0 Å². The van der Waals surface area contributed by atoms with Crippen LogP contribution < -0.4 is 9.37 Å². The van der Waals surface area contributed by atoms with E-state index in [0.29, 0.717) is 0 Å². The lowest BCUT2D eigenvalue weighted by Crippen LogP contribution is -2.31. The number of rotatable bonds is 5. The first-order chi connectivity index (χ1) is 12.3. The molecule has 0 aliphatic rings. The Bertz CT molecular complexity index is 1140. The van der Waals surface area contributed by atoms with Crippen LogP contribution in [0, 0.1) is 0 Å². The molecule has 2 heterocycles. The Morgan fingerprint density at radius 3 is 2.52 bits per heavy atom. The van der Waals surface area contributed by atoms with Crippen LogP contribution in [-0.2, 0) is 13.1 Å². The molecule has 25 heavy (non-hydrogen) atoms. The van der Waals surface area contributed by atoms with Gasteiger partial charge in [-0.05, 0) is 35.6 Å². The van der Waals surface area contributed by atoms with E-state index in [1.54, 1.807) is 22.7 Å². The Morgan fingerprint density at radius 2 is 1.72 bits per heavy atom. The van der Waals surface area contributed by atoms with E-state index in [9.17, 15) is 0 Å². The summed E-state index contributed by atoms with van der Waals surface area (Å²) in [5.74, 6) is 0. The monoisotopic (exact) mass is 364 g/mol. The van der Waals surface area contributed by atoms with Crippen molar-refractivity contribution in [2.45, 2.75) is 13.1 Å². The van der Waals surface area contributed by atoms with Crippen molar-refractivity contribution in [3.05, 3.63) is 78.6 Å². The van der Waals surface area contributed by atoms with Crippen molar-refractivity contribution >= 4 is 48.2 Å². The van der Waals surface area contributed by atoms with Gasteiger partial charge in [-0.15, -0.1) is 6.58 Å². The molecule has 0 fully saturated rings. The minimum atomic E-state index is 0.745. The van der Waals surface area contributed by atoms with E-state index >= 15 is 0 Å². The van der Waals surface area contributed by atoms with E-state index < -0.39 is 0 Å². The summed E-state index contributed by atoms with van der Waals surface area (Å²) in [6, 6.07) is 16.8. The Balaban J connectivity index is 2.00. The molecule has 5 heteroatoms. The number of fused-ring (bicyclic) bond motifs is 2. The van der Waals surface area contributed by atoms with E-state index in [1.807, 2.05) is 12.2 Å². The molecule has 0 radical (unpaired) electrons. The van der Waals surface area contributed by atoms with Crippen LogP contribution in [0.4, 0.5) is 5.13 Å². The van der Waals surface area contributed by atoms with Gasteiger partial charge in [-0.25, -0.2) is 4.57 Å². The number of hydrogen-bond donors (Lipinski definition) is 0. The molecule has 0 saturated heterocycles. The molecular formula is C20H18N3S2+. The maximum absolute atomic E-state index is 5.02. The lowest BCUT2D eigenvalue weighted by atomic mass is 10.3. The summed E-state index contributed by atoms with van der Waals surface area (Å²) in [6.07, 6.45) is 3.84. The van der Waals surface area contributed by atoms with E-state index in [4.69, 9.17) is 4.99 Å². The third-order valence-electron chi connectivity index (χ3n) is 3.99. The lowest BCUT2D eigenvalue weighted by Gasteiger charge is -1.97. The number of para-hydroxylation sites is 2. The van der Waals surface area contributed by atoms with Gasteiger partial charge in [0.15, 0.2) is 0 Å². The van der Waals surface area contributed by atoms with Gasteiger partial charge in [0.25, 0.3) is 0 Å². The topological polar surface area (TPSA) is 21.2 Å². The van der Waals surface area contributed by atoms with Crippen molar-refractivity contribution < 1.29 is 4.57 Å². The first-order valence-corrected chi connectivity index (χ1v) is 9.71. The van der Waals surface area contributed by atoms with Crippen LogP contribution in [0.3, 0.4) is 0 Å². The van der Waals surface area contributed by atoms with Crippen molar-refractivity contribution in [1.82, 2.24) is 4.57 Å². The predicted octanol–water partition coefficient (Wildman–Crippen LogP) is 4.81. The molecule has 3 nitrogen and oxygen atoms in total. The van der Waals surface area contributed by atoms with Crippen molar-refractivity contribution in [3.63, 3.8) is 0 Å². The van der Waals surface area contributed by atoms with Gasteiger partial charge in [-0.3, -0.25) is 4.57 Å². The molecule has 4 rings (SSSR count). The quantitative estimate of drug-likeness (QED) is 0.358. The minimum Gasteiger partial charge on any atom is -0.292 e. The van der Waals surface area contributed by atoms with Gasteiger partial charge in [-0.1, -0.05) is 54.3 Å². The maximum Gasteiger partial charge on any atom is 0.386 e. The number of aromatic nitrogens is 2. The third-order valence-corrected chi connectivity index (χ3v) is 6.11. The zero-order valence-corrected chi connectivity index (χ0v) is 15.4. The first kappa shape index (κ1) is 16.0. The Kier molecular flexibility index (Phi) is 4.34. The molecule has 4 aromatic rings. The number of benzene rings is 2. The lowest BCUT2D eigenvalue weighted by molar-refractivity contribution is -0.644. The normalized spacial score (nSPS) is 12.1. The summed E-state index contributed by atoms with van der Waals surface area (Å²) in [6.45, 7) is 9.29. The van der Waals surface area contributed by atoms with Crippen LogP contribution in [0.25, 0.3) is 20.4 Å². The Morgan fingerprint density at radius 1 is 0.960 bits per heavy atom. The summed E-state index contributed by atoms with van der Waals surface area (Å²) in [5.41, 5.74) is 2.39. The number of allylic oxidation sites excluding steroid dienone is 2. The Hall–Kier alpha value is -2.50. The van der Waals surface area contributed by atoms with Crippen molar-refractivity contribution in [2.24, 2.45) is 4.99 Å². The second kappa shape index (κ2) is 6.78. The molecule has 0 unspecified atom stereocenters. The second-order valence-electron chi connectivity index (χ2n) is 5.62. The molecule has 0 bridgehead atoms. The fraction of sp³-hybridized carbons (Fsp3) is 0.100. The average Bonchev–Trinajstić information content (AvgIpc) is 3.15. The van der Waals surface area contributed by atoms with Crippen LogP contribution in [0.15, 0.2) is 78.8 Å². The van der Waals surface area contributed by atoms with E-state index in [-0.39, 0.29) is 0 Å². The zero-order chi connectivity index (χ0) is 17.2. The van der Waals surface area contributed by atoms with Crippen molar-refractivity contribution in [2.75, 3.05) is 0 Å². The zero-order valence-electron chi connectivity index (χ0n) is 13.8. The molecule has 0 spiro atoms. The molecule has 0 atom stereocenters. The fourth-order valence-electron chi connectivity index (χ4n) is 2.91. The molecule has 2 aromatic heterocycles. The standard InChI is InChI=1S/C20H18N3S2/c1-3-13-22-15-9-5-7-11-17(15)24-19(22)21-20-23(14-4-2)16-10-6-8-12-18(16)25-20/h3-12H,1-2,13-14H2/q+1. The smallest absolute Gasteiger partial charge is 0.292 e. The SMILES string of the molecule is C=CCn1c(=Nc2sc3ccccc3[n+]2CC=C)sc2ccccc21. The summed E-state index contributed by atoms with van der Waals surface area (Å²) >= 11 is 3.42. The molecule has 0 amide bonds. The predicted molar refractivity (Wildman–Crippen MR) is 107 cm³/mol.